The number of carbonyl (C=O) groups excluding carboxylic acids is 3. The van der Waals surface area contributed by atoms with Crippen LogP contribution in [0, 0.1) is 0 Å². The lowest BCUT2D eigenvalue weighted by Gasteiger charge is -2.27. The number of amides is 3. The number of hydrogen-bond acceptors (Lipinski definition) is 5. The predicted molar refractivity (Wildman–Crippen MR) is 89.6 cm³/mol. The highest BCUT2D eigenvalue weighted by Crippen LogP contribution is 2.20. The van der Waals surface area contributed by atoms with E-state index >= 15 is 0 Å². The third-order valence-electron chi connectivity index (χ3n) is 3.18. The van der Waals surface area contributed by atoms with Gasteiger partial charge < -0.3 is 10.6 Å². The number of anilines is 1. The van der Waals surface area contributed by atoms with Crippen molar-refractivity contribution in [1.82, 2.24) is 10.2 Å². The van der Waals surface area contributed by atoms with Gasteiger partial charge in [-0.25, -0.2) is 4.79 Å². The summed E-state index contributed by atoms with van der Waals surface area (Å²) in [7, 11) is -4.61. The van der Waals surface area contributed by atoms with Crippen LogP contribution in [-0.2, 0) is 14.9 Å². The maximum atomic E-state index is 12.2. The highest BCUT2D eigenvalue weighted by atomic mass is 35.5. The first-order valence-corrected chi connectivity index (χ1v) is 8.77. The van der Waals surface area contributed by atoms with Crippen LogP contribution in [0.15, 0.2) is 35.5 Å². The monoisotopic (exact) mass is 387 g/mol. The molecule has 1 aromatic carbocycles. The first-order chi connectivity index (χ1) is 11.6. The van der Waals surface area contributed by atoms with Crippen molar-refractivity contribution in [1.29, 1.82) is 0 Å². The second kappa shape index (κ2) is 7.21. The first-order valence-electron chi connectivity index (χ1n) is 6.89. The van der Waals surface area contributed by atoms with Crippen molar-refractivity contribution in [2.75, 3.05) is 11.9 Å². The van der Waals surface area contributed by atoms with Gasteiger partial charge in [0.25, 0.3) is 10.1 Å². The van der Waals surface area contributed by atoms with Crippen LogP contribution in [0.5, 0.6) is 0 Å². The standard InChI is InChI=1S/C14H14ClN3O6S/c1-8(19)16-10-4-2-9(3-5-10)12(20)7-18-6-11(15)13(17-14(18)21)25(22,23)24/h2-6,13H,7H2,1H3,(H,16,19)(H,17,21)(H,22,23,24). The number of Topliss-reactive ketones (excluding diaryl/α,β-unsaturated/α-hetero) is 1. The Kier molecular flexibility index (Phi) is 5.45. The van der Waals surface area contributed by atoms with E-state index in [1.54, 1.807) is 0 Å². The maximum absolute atomic E-state index is 12.2. The molecular weight excluding hydrogens is 374 g/mol. The zero-order chi connectivity index (χ0) is 18.8. The molecule has 0 saturated heterocycles. The number of rotatable bonds is 5. The van der Waals surface area contributed by atoms with Crippen molar-refractivity contribution in [3.63, 3.8) is 0 Å². The minimum absolute atomic E-state index is 0.253. The van der Waals surface area contributed by atoms with E-state index in [-0.39, 0.29) is 23.0 Å². The van der Waals surface area contributed by atoms with E-state index in [1.165, 1.54) is 31.2 Å². The SMILES string of the molecule is CC(=O)Nc1ccc(C(=O)CN2C=C(Cl)C(S(=O)(=O)O)NC2=O)cc1. The Morgan fingerprint density at radius 3 is 2.44 bits per heavy atom. The summed E-state index contributed by atoms with van der Waals surface area (Å²) in [6.45, 7) is 0.962. The lowest BCUT2D eigenvalue weighted by atomic mass is 10.1. The van der Waals surface area contributed by atoms with E-state index in [4.69, 9.17) is 16.2 Å². The lowest BCUT2D eigenvalue weighted by Crippen LogP contribution is -2.51. The number of ketones is 1. The van der Waals surface area contributed by atoms with E-state index in [1.807, 2.05) is 5.32 Å². The van der Waals surface area contributed by atoms with Crippen molar-refractivity contribution in [3.05, 3.63) is 41.1 Å². The quantitative estimate of drug-likeness (QED) is 0.512. The fourth-order valence-corrected chi connectivity index (χ4v) is 3.17. The van der Waals surface area contributed by atoms with Crippen LogP contribution in [0.2, 0.25) is 0 Å². The summed E-state index contributed by atoms with van der Waals surface area (Å²) in [4.78, 5) is 36.0. The summed E-state index contributed by atoms with van der Waals surface area (Å²) in [6.07, 6.45) is 0.975. The Labute approximate surface area is 148 Å². The van der Waals surface area contributed by atoms with Crippen molar-refractivity contribution in [3.8, 4) is 0 Å². The molecule has 0 spiro atoms. The van der Waals surface area contributed by atoms with Gasteiger partial charge in [-0.15, -0.1) is 0 Å². The Hall–Kier alpha value is -2.43. The summed E-state index contributed by atoms with van der Waals surface area (Å²) in [5.74, 6) is -0.687. The van der Waals surface area contributed by atoms with E-state index in [9.17, 15) is 22.8 Å². The van der Waals surface area contributed by atoms with Crippen LogP contribution in [0.1, 0.15) is 17.3 Å². The molecule has 1 atom stereocenters. The Morgan fingerprint density at radius 2 is 1.92 bits per heavy atom. The number of benzene rings is 1. The molecule has 1 unspecified atom stereocenters. The Morgan fingerprint density at radius 1 is 1.32 bits per heavy atom. The van der Waals surface area contributed by atoms with Crippen molar-refractivity contribution in [2.24, 2.45) is 0 Å². The number of urea groups is 1. The molecule has 0 aliphatic carbocycles. The van der Waals surface area contributed by atoms with Crippen LogP contribution in [0.3, 0.4) is 0 Å². The average Bonchev–Trinajstić information content (AvgIpc) is 2.49. The lowest BCUT2D eigenvalue weighted by molar-refractivity contribution is -0.114. The van der Waals surface area contributed by atoms with E-state index in [0.717, 1.165) is 11.1 Å². The van der Waals surface area contributed by atoms with Crippen LogP contribution >= 0.6 is 11.6 Å². The summed E-state index contributed by atoms with van der Waals surface area (Å²) in [6, 6.07) is 5.11. The third kappa shape index (κ3) is 4.78. The van der Waals surface area contributed by atoms with Gasteiger partial charge >= 0.3 is 6.03 Å². The van der Waals surface area contributed by atoms with Gasteiger partial charge in [0.05, 0.1) is 11.6 Å². The maximum Gasteiger partial charge on any atom is 0.323 e. The van der Waals surface area contributed by atoms with Gasteiger partial charge in [0, 0.05) is 24.4 Å². The van der Waals surface area contributed by atoms with Crippen LogP contribution in [0.25, 0.3) is 0 Å². The second-order valence-electron chi connectivity index (χ2n) is 5.17. The van der Waals surface area contributed by atoms with Crippen LogP contribution in [-0.4, -0.2) is 47.5 Å². The molecule has 11 heteroatoms. The van der Waals surface area contributed by atoms with Gasteiger partial charge in [-0.05, 0) is 24.3 Å². The number of nitrogens with one attached hydrogen (secondary N) is 2. The zero-order valence-electron chi connectivity index (χ0n) is 12.9. The Balaban J connectivity index is 2.11. The fourth-order valence-electron chi connectivity index (χ4n) is 2.06. The third-order valence-corrected chi connectivity index (χ3v) is 4.60. The number of carbonyl (C=O) groups is 3. The highest BCUT2D eigenvalue weighted by Gasteiger charge is 2.34. The molecule has 134 valence electrons. The second-order valence-corrected chi connectivity index (χ2v) is 7.11. The zero-order valence-corrected chi connectivity index (χ0v) is 14.5. The molecule has 0 aromatic heterocycles. The predicted octanol–water partition coefficient (Wildman–Crippen LogP) is 1.15. The minimum atomic E-state index is -4.61. The van der Waals surface area contributed by atoms with Gasteiger partial charge in [0.2, 0.25) is 5.91 Å². The highest BCUT2D eigenvalue weighted by molar-refractivity contribution is 7.86. The smallest absolute Gasteiger partial charge is 0.323 e. The fraction of sp³-hybridized carbons (Fsp3) is 0.214. The molecule has 1 aliphatic rings. The number of nitrogens with zero attached hydrogens (tertiary/aromatic N) is 1. The van der Waals surface area contributed by atoms with Crippen molar-refractivity contribution in [2.45, 2.75) is 12.3 Å². The molecule has 9 nitrogen and oxygen atoms in total. The Bertz CT molecular complexity index is 850. The van der Waals surface area contributed by atoms with Gasteiger partial charge in [0.15, 0.2) is 11.2 Å². The molecule has 1 heterocycles. The molecule has 2 rings (SSSR count). The van der Waals surface area contributed by atoms with E-state index in [0.29, 0.717) is 5.69 Å². The molecule has 3 N–H and O–H groups in total. The van der Waals surface area contributed by atoms with Gasteiger partial charge in [-0.1, -0.05) is 11.6 Å². The van der Waals surface area contributed by atoms with E-state index < -0.39 is 27.3 Å². The number of halogens is 1. The van der Waals surface area contributed by atoms with Crippen LogP contribution in [0.4, 0.5) is 10.5 Å². The van der Waals surface area contributed by atoms with Crippen LogP contribution < -0.4 is 10.6 Å². The largest absolute Gasteiger partial charge is 0.326 e. The van der Waals surface area contributed by atoms with E-state index in [2.05, 4.69) is 5.32 Å². The molecule has 25 heavy (non-hydrogen) atoms. The van der Waals surface area contributed by atoms with Gasteiger partial charge in [-0.3, -0.25) is 19.0 Å². The summed E-state index contributed by atoms with van der Waals surface area (Å²) in [5.41, 5.74) is 0.794. The summed E-state index contributed by atoms with van der Waals surface area (Å²) in [5, 5.41) is 2.43. The molecule has 0 radical (unpaired) electrons. The molecule has 0 bridgehead atoms. The molecule has 1 aromatic rings. The van der Waals surface area contributed by atoms with Gasteiger partial charge in [0.1, 0.15) is 0 Å². The normalized spacial score (nSPS) is 17.6. The molecular formula is C14H14ClN3O6S. The first kappa shape index (κ1) is 18.9. The molecule has 1 aliphatic heterocycles. The summed E-state index contributed by atoms with van der Waals surface area (Å²) < 4.78 is 31.2. The topological polar surface area (TPSA) is 133 Å². The number of hydrogen-bond donors (Lipinski definition) is 3. The summed E-state index contributed by atoms with van der Waals surface area (Å²) >= 11 is 5.74. The van der Waals surface area contributed by atoms with Gasteiger partial charge in [-0.2, -0.15) is 8.42 Å². The van der Waals surface area contributed by atoms with Crippen molar-refractivity contribution < 1.29 is 27.4 Å². The average molecular weight is 388 g/mol. The van der Waals surface area contributed by atoms with Crippen molar-refractivity contribution >= 4 is 45.1 Å². The minimum Gasteiger partial charge on any atom is -0.326 e. The molecule has 0 fully saturated rings. The molecule has 0 saturated carbocycles. The molecule has 3 amide bonds.